The Kier molecular flexibility index (Phi) is 6.09. The van der Waals surface area contributed by atoms with Gasteiger partial charge in [0.2, 0.25) is 5.91 Å². The van der Waals surface area contributed by atoms with Gasteiger partial charge in [-0.2, -0.15) is 0 Å². The van der Waals surface area contributed by atoms with Crippen LogP contribution >= 0.6 is 0 Å². The van der Waals surface area contributed by atoms with Gasteiger partial charge in [0.25, 0.3) is 0 Å². The molecule has 6 nitrogen and oxygen atoms in total. The lowest BCUT2D eigenvalue weighted by Gasteiger charge is -2.16. The Balaban J connectivity index is 4.02. The van der Waals surface area contributed by atoms with Crippen molar-refractivity contribution in [1.29, 1.82) is 0 Å². The van der Waals surface area contributed by atoms with Crippen molar-refractivity contribution in [3.8, 4) is 12.3 Å². The van der Waals surface area contributed by atoms with Gasteiger partial charge >= 0.3 is 5.97 Å². The zero-order chi connectivity index (χ0) is 11.8. The number of hydrogen-bond acceptors (Lipinski definition) is 4. The van der Waals surface area contributed by atoms with Gasteiger partial charge in [-0.25, -0.2) is 4.79 Å². The average Bonchev–Trinajstić information content (AvgIpc) is 2.13. The van der Waals surface area contributed by atoms with E-state index in [9.17, 15) is 9.59 Å². The van der Waals surface area contributed by atoms with Crippen molar-refractivity contribution in [3.05, 3.63) is 0 Å². The highest BCUT2D eigenvalue weighted by Crippen LogP contribution is 1.92. The van der Waals surface area contributed by atoms with Crippen LogP contribution in [0.5, 0.6) is 0 Å². The van der Waals surface area contributed by atoms with Gasteiger partial charge in [0, 0.05) is 0 Å². The number of carboxylic acids is 1. The van der Waals surface area contributed by atoms with Gasteiger partial charge in [-0.05, 0) is 6.92 Å². The van der Waals surface area contributed by atoms with Crippen molar-refractivity contribution in [2.24, 2.45) is 0 Å². The van der Waals surface area contributed by atoms with Crippen LogP contribution < -0.4 is 10.6 Å². The molecule has 0 fully saturated rings. The Morgan fingerprint density at radius 3 is 2.53 bits per heavy atom. The summed E-state index contributed by atoms with van der Waals surface area (Å²) >= 11 is 0. The highest BCUT2D eigenvalue weighted by Gasteiger charge is 2.24. The van der Waals surface area contributed by atoms with Crippen LogP contribution in [0, 0.1) is 12.3 Å². The molecule has 6 heteroatoms. The molecule has 0 aromatic heterocycles. The third-order valence-corrected chi connectivity index (χ3v) is 1.58. The van der Waals surface area contributed by atoms with E-state index in [0.29, 0.717) is 0 Å². The number of terminal acetylenes is 1. The fourth-order valence-electron chi connectivity index (χ4n) is 0.861. The Hall–Kier alpha value is -1.58. The minimum Gasteiger partial charge on any atom is -0.480 e. The van der Waals surface area contributed by atoms with E-state index in [0.717, 1.165) is 0 Å². The number of aliphatic carboxylic acids is 1. The summed E-state index contributed by atoms with van der Waals surface area (Å²) in [6, 6.07) is -1.30. The third kappa shape index (κ3) is 5.67. The lowest BCUT2D eigenvalue weighted by Crippen LogP contribution is -2.50. The van der Waals surface area contributed by atoms with Gasteiger partial charge in [-0.3, -0.25) is 10.1 Å². The standard InChI is InChI=1S/C9H14N2O4/c1-3-4-10-5-7(13)11-8(6(2)12)9(14)15/h1,6,8,10,12H,4-5H2,2H3,(H,11,13)(H,14,15). The van der Waals surface area contributed by atoms with E-state index in [1.54, 1.807) is 0 Å². The first-order valence-electron chi connectivity index (χ1n) is 4.33. The van der Waals surface area contributed by atoms with Gasteiger partial charge in [-0.1, -0.05) is 5.92 Å². The van der Waals surface area contributed by atoms with Crippen LogP contribution in [0.1, 0.15) is 6.92 Å². The van der Waals surface area contributed by atoms with Crippen molar-refractivity contribution in [2.45, 2.75) is 19.1 Å². The molecule has 0 aromatic rings. The summed E-state index contributed by atoms with van der Waals surface area (Å²) < 4.78 is 0. The van der Waals surface area contributed by atoms with Gasteiger partial charge in [0.1, 0.15) is 0 Å². The minimum atomic E-state index is -1.30. The monoisotopic (exact) mass is 214 g/mol. The normalized spacial score (nSPS) is 13.7. The molecule has 0 spiro atoms. The zero-order valence-electron chi connectivity index (χ0n) is 8.36. The summed E-state index contributed by atoms with van der Waals surface area (Å²) in [6.45, 7) is 1.43. The smallest absolute Gasteiger partial charge is 0.328 e. The molecule has 0 radical (unpaired) electrons. The van der Waals surface area contributed by atoms with Crippen LogP contribution in [0.25, 0.3) is 0 Å². The Bertz CT molecular complexity index is 270. The predicted octanol–water partition coefficient (Wildman–Crippen LogP) is -1.84. The molecule has 84 valence electrons. The topological polar surface area (TPSA) is 98.7 Å². The highest BCUT2D eigenvalue weighted by molar-refractivity contribution is 5.85. The number of carbonyl (C=O) groups excluding carboxylic acids is 1. The Morgan fingerprint density at radius 1 is 1.53 bits per heavy atom. The molecule has 0 aliphatic rings. The molecule has 0 aliphatic carbocycles. The molecule has 0 rings (SSSR count). The summed E-state index contributed by atoms with van der Waals surface area (Å²) in [5.41, 5.74) is 0. The van der Waals surface area contributed by atoms with Gasteiger partial charge in [0.15, 0.2) is 6.04 Å². The molecule has 0 aromatic carbocycles. The SMILES string of the molecule is C#CCNCC(=O)NC(C(=O)O)C(C)O. The first-order chi connectivity index (χ1) is 6.99. The summed E-state index contributed by atoms with van der Waals surface area (Å²) in [7, 11) is 0. The third-order valence-electron chi connectivity index (χ3n) is 1.58. The first kappa shape index (κ1) is 13.4. The number of rotatable bonds is 6. The maximum absolute atomic E-state index is 11.1. The quantitative estimate of drug-likeness (QED) is 0.307. The minimum absolute atomic E-state index is 0.0826. The molecule has 0 saturated carbocycles. The maximum Gasteiger partial charge on any atom is 0.328 e. The van der Waals surface area contributed by atoms with Crippen LogP contribution in [-0.4, -0.2) is 47.3 Å². The summed E-state index contributed by atoms with van der Waals surface area (Å²) in [5, 5.41) is 22.4. The second-order valence-electron chi connectivity index (χ2n) is 2.93. The van der Waals surface area contributed by atoms with E-state index in [1.165, 1.54) is 6.92 Å². The lowest BCUT2D eigenvalue weighted by atomic mass is 10.2. The molecular weight excluding hydrogens is 200 g/mol. The predicted molar refractivity (Wildman–Crippen MR) is 53.0 cm³/mol. The number of amides is 1. The van der Waals surface area contributed by atoms with Crippen molar-refractivity contribution < 1.29 is 19.8 Å². The van der Waals surface area contributed by atoms with E-state index in [-0.39, 0.29) is 13.1 Å². The van der Waals surface area contributed by atoms with Gasteiger partial charge < -0.3 is 15.5 Å². The maximum atomic E-state index is 11.1. The molecular formula is C9H14N2O4. The van der Waals surface area contributed by atoms with Gasteiger partial charge in [-0.15, -0.1) is 6.42 Å². The van der Waals surface area contributed by atoms with E-state index in [4.69, 9.17) is 16.6 Å². The van der Waals surface area contributed by atoms with E-state index in [2.05, 4.69) is 16.6 Å². The summed E-state index contributed by atoms with van der Waals surface area (Å²) in [4.78, 5) is 21.7. The van der Waals surface area contributed by atoms with E-state index < -0.39 is 24.0 Å². The van der Waals surface area contributed by atoms with Crippen LogP contribution in [0.2, 0.25) is 0 Å². The number of carbonyl (C=O) groups is 2. The fraction of sp³-hybridized carbons (Fsp3) is 0.556. The first-order valence-corrected chi connectivity index (χ1v) is 4.33. The second kappa shape index (κ2) is 6.81. The van der Waals surface area contributed by atoms with Crippen molar-refractivity contribution in [1.82, 2.24) is 10.6 Å². The summed E-state index contributed by atoms with van der Waals surface area (Å²) in [6.07, 6.45) is 3.78. The number of aliphatic hydroxyl groups excluding tert-OH is 1. The van der Waals surface area contributed by atoms with Crippen molar-refractivity contribution in [3.63, 3.8) is 0 Å². The van der Waals surface area contributed by atoms with Crippen molar-refractivity contribution in [2.75, 3.05) is 13.1 Å². The number of nitrogens with one attached hydrogen (secondary N) is 2. The van der Waals surface area contributed by atoms with E-state index >= 15 is 0 Å². The number of hydrogen-bond donors (Lipinski definition) is 4. The summed E-state index contributed by atoms with van der Waals surface area (Å²) in [5.74, 6) is 0.454. The van der Waals surface area contributed by atoms with Crippen LogP contribution in [-0.2, 0) is 9.59 Å². The average molecular weight is 214 g/mol. The molecule has 0 bridgehead atoms. The van der Waals surface area contributed by atoms with Crippen LogP contribution in [0.3, 0.4) is 0 Å². The number of aliphatic hydroxyl groups is 1. The Labute approximate surface area is 87.7 Å². The second-order valence-corrected chi connectivity index (χ2v) is 2.93. The molecule has 0 heterocycles. The molecule has 15 heavy (non-hydrogen) atoms. The van der Waals surface area contributed by atoms with Crippen LogP contribution in [0.15, 0.2) is 0 Å². The van der Waals surface area contributed by atoms with Crippen LogP contribution in [0.4, 0.5) is 0 Å². The molecule has 0 saturated heterocycles. The lowest BCUT2D eigenvalue weighted by molar-refractivity contribution is -0.144. The molecule has 1 amide bonds. The molecule has 0 aliphatic heterocycles. The van der Waals surface area contributed by atoms with Gasteiger partial charge in [0.05, 0.1) is 19.2 Å². The number of carboxylic acid groups (broad SMARTS) is 1. The fourth-order valence-corrected chi connectivity index (χ4v) is 0.861. The highest BCUT2D eigenvalue weighted by atomic mass is 16.4. The molecule has 4 N–H and O–H groups in total. The van der Waals surface area contributed by atoms with Crippen molar-refractivity contribution >= 4 is 11.9 Å². The molecule has 2 atom stereocenters. The van der Waals surface area contributed by atoms with E-state index in [1.807, 2.05) is 0 Å². The Morgan fingerprint density at radius 2 is 2.13 bits per heavy atom. The molecule has 2 unspecified atom stereocenters. The zero-order valence-corrected chi connectivity index (χ0v) is 8.36. The largest absolute Gasteiger partial charge is 0.480 e.